The van der Waals surface area contributed by atoms with Gasteiger partial charge in [0.25, 0.3) is 5.56 Å². The van der Waals surface area contributed by atoms with Crippen LogP contribution in [0, 0.1) is 5.82 Å². The second-order valence-electron chi connectivity index (χ2n) is 8.35. The van der Waals surface area contributed by atoms with Crippen LogP contribution in [0.15, 0.2) is 59.0 Å². The second kappa shape index (κ2) is 9.62. The van der Waals surface area contributed by atoms with Gasteiger partial charge in [-0.3, -0.25) is 9.78 Å². The first-order valence-electron chi connectivity index (χ1n) is 10.9. The Bertz CT molecular complexity index is 1230. The zero-order valence-electron chi connectivity index (χ0n) is 18.8. The molecular formula is C25H28FN3O4. The minimum Gasteiger partial charge on any atom is -0.493 e. The van der Waals surface area contributed by atoms with Crippen molar-refractivity contribution < 1.29 is 19.0 Å². The fourth-order valence-electron chi connectivity index (χ4n) is 4.18. The molecule has 3 aromatic rings. The summed E-state index contributed by atoms with van der Waals surface area (Å²) in [6.45, 7) is 0.766. The van der Waals surface area contributed by atoms with E-state index in [1.54, 1.807) is 20.3 Å². The Morgan fingerprint density at radius 1 is 1.15 bits per heavy atom. The Labute approximate surface area is 191 Å². The Morgan fingerprint density at radius 3 is 2.64 bits per heavy atom. The summed E-state index contributed by atoms with van der Waals surface area (Å²) in [5.74, 6) is 0.805. The summed E-state index contributed by atoms with van der Waals surface area (Å²) in [7, 11) is 3.18. The molecule has 1 fully saturated rings. The lowest BCUT2D eigenvalue weighted by atomic mass is 9.82. The van der Waals surface area contributed by atoms with Crippen molar-refractivity contribution in [1.29, 1.82) is 0 Å². The van der Waals surface area contributed by atoms with Crippen molar-refractivity contribution in [2.75, 3.05) is 26.1 Å². The zero-order valence-corrected chi connectivity index (χ0v) is 18.8. The molecule has 174 valence electrons. The molecule has 0 unspecified atom stereocenters. The third-order valence-electron chi connectivity index (χ3n) is 6.20. The van der Waals surface area contributed by atoms with Crippen LogP contribution in [0.2, 0.25) is 0 Å². The van der Waals surface area contributed by atoms with Crippen LogP contribution in [-0.2, 0) is 6.54 Å². The number of benzene rings is 1. The van der Waals surface area contributed by atoms with E-state index in [2.05, 4.69) is 10.3 Å². The lowest BCUT2D eigenvalue weighted by Gasteiger charge is -2.34. The van der Waals surface area contributed by atoms with Crippen molar-refractivity contribution in [3.8, 4) is 11.5 Å². The largest absolute Gasteiger partial charge is 0.493 e. The van der Waals surface area contributed by atoms with Crippen LogP contribution in [0.5, 0.6) is 11.5 Å². The molecule has 33 heavy (non-hydrogen) atoms. The fourth-order valence-corrected chi connectivity index (χ4v) is 4.18. The second-order valence-corrected chi connectivity index (χ2v) is 8.35. The smallest absolute Gasteiger partial charge is 0.251 e. The monoisotopic (exact) mass is 453 g/mol. The van der Waals surface area contributed by atoms with Gasteiger partial charge in [-0.1, -0.05) is 11.6 Å². The number of aromatic nitrogens is 2. The van der Waals surface area contributed by atoms with Crippen molar-refractivity contribution in [1.82, 2.24) is 9.55 Å². The maximum atomic E-state index is 13.7. The van der Waals surface area contributed by atoms with E-state index in [9.17, 15) is 14.3 Å². The summed E-state index contributed by atoms with van der Waals surface area (Å²) in [5.41, 5.74) is 2.06. The Kier molecular flexibility index (Phi) is 6.65. The van der Waals surface area contributed by atoms with Crippen LogP contribution < -0.4 is 20.3 Å². The number of ether oxygens (including phenoxy) is 2. The number of aliphatic hydroxyl groups is 1. The van der Waals surface area contributed by atoms with E-state index in [-0.39, 0.29) is 5.56 Å². The first kappa shape index (κ1) is 22.8. The van der Waals surface area contributed by atoms with Gasteiger partial charge < -0.3 is 24.5 Å². The lowest BCUT2D eigenvalue weighted by molar-refractivity contribution is 0.0266. The van der Waals surface area contributed by atoms with Gasteiger partial charge in [0, 0.05) is 37.0 Å². The predicted octanol–water partition coefficient (Wildman–Crippen LogP) is 3.90. The Balaban J connectivity index is 1.39. The molecule has 1 saturated carbocycles. The van der Waals surface area contributed by atoms with Crippen molar-refractivity contribution in [2.45, 2.75) is 37.8 Å². The number of hydrogen-bond donors (Lipinski definition) is 2. The molecule has 1 aliphatic rings. The van der Waals surface area contributed by atoms with Gasteiger partial charge in [-0.2, -0.15) is 0 Å². The fraction of sp³-hybridized carbons (Fsp3) is 0.360. The standard InChI is InChI=1S/C25H28FN3O4/c1-32-22-5-3-19(14-23(22)33-2)28-16-25(31)10-7-17(8-11-25)9-12-29-21-13-18(26)15-27-20(21)4-6-24(29)30/h3-6,9,13-15,28,31H,7-8,10-12,16H2,1-2H3. The van der Waals surface area contributed by atoms with Crippen molar-refractivity contribution >= 4 is 16.7 Å². The topological polar surface area (TPSA) is 85.6 Å². The third-order valence-corrected chi connectivity index (χ3v) is 6.20. The average Bonchev–Trinajstić information content (AvgIpc) is 2.83. The highest BCUT2D eigenvalue weighted by molar-refractivity contribution is 5.74. The van der Waals surface area contributed by atoms with Gasteiger partial charge in [0.2, 0.25) is 0 Å². The Morgan fingerprint density at radius 2 is 1.91 bits per heavy atom. The molecule has 0 aliphatic heterocycles. The summed E-state index contributed by atoms with van der Waals surface area (Å²) in [4.78, 5) is 16.4. The quantitative estimate of drug-likeness (QED) is 0.528. The number of nitrogens with one attached hydrogen (secondary N) is 1. The zero-order chi connectivity index (χ0) is 23.4. The number of allylic oxidation sites excluding steroid dienone is 2. The summed E-state index contributed by atoms with van der Waals surface area (Å²) < 4.78 is 25.8. The first-order chi connectivity index (χ1) is 15.9. The normalized spacial score (nSPS) is 18.2. The van der Waals surface area contributed by atoms with Crippen LogP contribution in [-0.4, -0.2) is 41.0 Å². The molecule has 0 amide bonds. The van der Waals surface area contributed by atoms with Crippen LogP contribution in [0.3, 0.4) is 0 Å². The van der Waals surface area contributed by atoms with Crippen LogP contribution in [0.25, 0.3) is 11.0 Å². The number of methoxy groups -OCH3 is 2. The number of fused-ring (bicyclic) bond motifs is 1. The molecule has 7 nitrogen and oxygen atoms in total. The highest BCUT2D eigenvalue weighted by atomic mass is 19.1. The molecule has 2 aromatic heterocycles. The molecule has 2 N–H and O–H groups in total. The molecule has 0 saturated heterocycles. The van der Waals surface area contributed by atoms with Crippen molar-refractivity contribution in [2.24, 2.45) is 0 Å². The SMILES string of the molecule is COc1ccc(NCC2(O)CCC(=CCn3c(=O)ccc4ncc(F)cc43)CC2)cc1OC. The van der Waals surface area contributed by atoms with Gasteiger partial charge in [0.15, 0.2) is 11.5 Å². The van der Waals surface area contributed by atoms with Crippen LogP contribution in [0.1, 0.15) is 25.7 Å². The molecule has 4 rings (SSSR count). The predicted molar refractivity (Wildman–Crippen MR) is 125 cm³/mol. The Hall–Kier alpha value is -3.39. The summed E-state index contributed by atoms with van der Waals surface area (Å²) >= 11 is 0. The van der Waals surface area contributed by atoms with E-state index in [0.29, 0.717) is 48.5 Å². The van der Waals surface area contributed by atoms with Gasteiger partial charge in [0.1, 0.15) is 5.82 Å². The molecular weight excluding hydrogens is 425 g/mol. The van der Waals surface area contributed by atoms with Crippen molar-refractivity contribution in [3.63, 3.8) is 0 Å². The molecule has 1 aliphatic carbocycles. The molecule has 0 bridgehead atoms. The van der Waals surface area contributed by atoms with Gasteiger partial charge in [-0.25, -0.2) is 4.39 Å². The molecule has 0 spiro atoms. The maximum Gasteiger partial charge on any atom is 0.251 e. The average molecular weight is 454 g/mol. The van der Waals surface area contributed by atoms with Gasteiger partial charge in [-0.05, 0) is 43.9 Å². The highest BCUT2D eigenvalue weighted by Crippen LogP contribution is 2.34. The van der Waals surface area contributed by atoms with Crippen LogP contribution in [0.4, 0.5) is 10.1 Å². The third kappa shape index (κ3) is 5.17. The number of rotatable bonds is 7. The minimum atomic E-state index is -0.826. The summed E-state index contributed by atoms with van der Waals surface area (Å²) in [6.07, 6.45) is 5.84. The first-order valence-corrected chi connectivity index (χ1v) is 10.9. The molecule has 0 atom stereocenters. The maximum absolute atomic E-state index is 13.7. The van der Waals surface area contributed by atoms with E-state index >= 15 is 0 Å². The molecule has 8 heteroatoms. The molecule has 1 aromatic carbocycles. The van der Waals surface area contributed by atoms with Gasteiger partial charge in [0.05, 0.1) is 37.1 Å². The summed E-state index contributed by atoms with van der Waals surface area (Å²) in [5, 5.41) is 14.3. The lowest BCUT2D eigenvalue weighted by Crippen LogP contribution is -2.39. The van der Waals surface area contributed by atoms with Crippen LogP contribution >= 0.6 is 0 Å². The van der Waals surface area contributed by atoms with E-state index in [0.717, 1.165) is 24.7 Å². The van der Waals surface area contributed by atoms with E-state index in [1.807, 2.05) is 24.3 Å². The van der Waals surface area contributed by atoms with E-state index in [4.69, 9.17) is 9.47 Å². The molecule has 2 heterocycles. The number of pyridine rings is 2. The van der Waals surface area contributed by atoms with Gasteiger partial charge in [-0.15, -0.1) is 0 Å². The number of anilines is 1. The highest BCUT2D eigenvalue weighted by Gasteiger charge is 2.30. The van der Waals surface area contributed by atoms with Gasteiger partial charge >= 0.3 is 0 Å². The van der Waals surface area contributed by atoms with Crippen molar-refractivity contribution in [3.05, 3.63) is 70.4 Å². The molecule has 0 radical (unpaired) electrons. The number of halogens is 1. The van der Waals surface area contributed by atoms with E-state index < -0.39 is 11.4 Å². The van der Waals surface area contributed by atoms with E-state index in [1.165, 1.54) is 22.3 Å². The summed E-state index contributed by atoms with van der Waals surface area (Å²) in [6, 6.07) is 9.94. The number of nitrogens with zero attached hydrogens (tertiary/aromatic N) is 2. The number of hydrogen-bond acceptors (Lipinski definition) is 6. The minimum absolute atomic E-state index is 0.196.